The van der Waals surface area contributed by atoms with Gasteiger partial charge in [0, 0.05) is 10.9 Å². The third-order valence-corrected chi connectivity index (χ3v) is 9.50. The van der Waals surface area contributed by atoms with Gasteiger partial charge in [-0.1, -0.05) is 145 Å². The van der Waals surface area contributed by atoms with Crippen molar-refractivity contribution >= 4 is 43.1 Å². The van der Waals surface area contributed by atoms with Crippen molar-refractivity contribution in [2.45, 2.75) is 0 Å². The van der Waals surface area contributed by atoms with E-state index in [4.69, 9.17) is 4.74 Å². The van der Waals surface area contributed by atoms with Crippen LogP contribution in [0.4, 0.5) is 0 Å². The lowest BCUT2D eigenvalue weighted by atomic mass is 9.87. The Bertz CT molecular complexity index is 2900. The molecule has 1 aliphatic heterocycles. The summed E-state index contributed by atoms with van der Waals surface area (Å²) in [5.74, 6) is 1.47. The summed E-state index contributed by atoms with van der Waals surface area (Å²) in [6.07, 6.45) is 0. The van der Waals surface area contributed by atoms with Gasteiger partial charge in [0.25, 0.3) is 0 Å². The summed E-state index contributed by atoms with van der Waals surface area (Å²) in [6, 6.07) is 48.5. The molecule has 0 fully saturated rings. The molecule has 0 bridgehead atoms. The Labute approximate surface area is 278 Å². The van der Waals surface area contributed by atoms with Crippen LogP contribution >= 0.6 is 0 Å². The molecule has 1 heterocycles. The first-order chi connectivity index (χ1) is 25.0. The van der Waals surface area contributed by atoms with Gasteiger partial charge in [-0.15, -0.1) is 0 Å². The summed E-state index contributed by atoms with van der Waals surface area (Å²) >= 11 is 0. The zero-order valence-corrected chi connectivity index (χ0v) is 25.3. The number of hydrogen-bond donors (Lipinski definition) is 0. The van der Waals surface area contributed by atoms with E-state index in [9.17, 15) is 5.48 Å². The lowest BCUT2D eigenvalue weighted by Crippen LogP contribution is -1.98. The molecule has 0 atom stereocenters. The molecule has 9 aromatic carbocycles. The average Bonchev–Trinajstić information content (AvgIpc) is 3.18. The van der Waals surface area contributed by atoms with E-state index in [1.54, 1.807) is 0 Å². The minimum atomic E-state index is -0.0727. The van der Waals surface area contributed by atoms with E-state index in [1.165, 1.54) is 0 Å². The maximum absolute atomic E-state index is 9.55. The van der Waals surface area contributed by atoms with E-state index < -0.39 is 0 Å². The molecule has 0 unspecified atom stereocenters. The number of fused-ring (bicyclic) bond motifs is 6. The Hall–Kier alpha value is -6.18. The molecule has 9 aromatic rings. The third-order valence-electron chi connectivity index (χ3n) is 9.50. The maximum atomic E-state index is 9.55. The van der Waals surface area contributed by atoms with E-state index in [2.05, 4.69) is 60.7 Å². The molecule has 1 aliphatic rings. The molecule has 1 nitrogen and oxygen atoms in total. The Morgan fingerprint density at radius 3 is 1.94 bits per heavy atom. The molecule has 0 aliphatic carbocycles. The molecule has 47 heavy (non-hydrogen) atoms. The first kappa shape index (κ1) is 22.3. The van der Waals surface area contributed by atoms with Gasteiger partial charge in [0.15, 0.2) is 0 Å². The molecule has 10 rings (SSSR count). The highest BCUT2D eigenvalue weighted by molar-refractivity contribution is 6.22. The predicted octanol–water partition coefficient (Wildman–Crippen LogP) is 13.1. The number of rotatable bonds is 3. The van der Waals surface area contributed by atoms with E-state index in [0.29, 0.717) is 16.9 Å². The van der Waals surface area contributed by atoms with Gasteiger partial charge < -0.3 is 4.74 Å². The SMILES string of the molecule is [2H]c1c([2H])c(-c2c3ccccc3cc3ccc4ccccc4c23)c([2H])c([2H])c1-c1ccc2c3c(cccc13)-c1cc(-c3ccccc3)ccc1O2. The standard InChI is InChI=1S/C46H28O/c1-2-9-29(10-3-1)33-23-25-42-41(28-33)40-16-8-15-39-36(24-26-43(47-42)46(39)40)31-17-20-32(21-18-31)44-38-14-7-5-12-34(38)27-35-22-19-30-11-4-6-13-37(30)45(35)44/h1-28H/i17D,18D,20D,21D. The summed E-state index contributed by atoms with van der Waals surface area (Å²) in [5, 5.41) is 7.55. The van der Waals surface area contributed by atoms with Gasteiger partial charge >= 0.3 is 0 Å². The molecule has 0 saturated heterocycles. The second kappa shape index (κ2) is 10.2. The first-order valence-corrected chi connectivity index (χ1v) is 15.9. The van der Waals surface area contributed by atoms with Crippen molar-refractivity contribution in [3.63, 3.8) is 0 Å². The molecule has 1 heteroatoms. The van der Waals surface area contributed by atoms with Crippen molar-refractivity contribution in [1.82, 2.24) is 0 Å². The number of ether oxygens (including phenoxy) is 1. The van der Waals surface area contributed by atoms with Gasteiger partial charge in [-0.2, -0.15) is 0 Å². The van der Waals surface area contributed by atoms with E-state index in [1.807, 2.05) is 84.9 Å². The zero-order valence-electron chi connectivity index (χ0n) is 29.3. The van der Waals surface area contributed by atoms with Crippen LogP contribution in [0.3, 0.4) is 0 Å². The monoisotopic (exact) mass is 600 g/mol. The molecule has 0 spiro atoms. The van der Waals surface area contributed by atoms with E-state index in [0.717, 1.165) is 76.7 Å². The normalized spacial score (nSPS) is 13.2. The molecule has 0 N–H and O–H groups in total. The van der Waals surface area contributed by atoms with Crippen LogP contribution in [0, 0.1) is 0 Å². The van der Waals surface area contributed by atoms with Crippen molar-refractivity contribution in [3.05, 3.63) is 170 Å². The van der Waals surface area contributed by atoms with Crippen LogP contribution in [0.25, 0.3) is 87.6 Å². The van der Waals surface area contributed by atoms with Gasteiger partial charge in [-0.25, -0.2) is 0 Å². The highest BCUT2D eigenvalue weighted by atomic mass is 16.5. The van der Waals surface area contributed by atoms with Crippen LogP contribution in [-0.4, -0.2) is 0 Å². The second-order valence-corrected chi connectivity index (χ2v) is 12.1. The Kier molecular flexibility index (Phi) is 4.83. The zero-order chi connectivity index (χ0) is 34.4. The molecular weight excluding hydrogens is 569 g/mol. The quantitative estimate of drug-likeness (QED) is 0.145. The molecular formula is C46H28O. The minimum absolute atomic E-state index is 0.0637. The molecule has 218 valence electrons. The van der Waals surface area contributed by atoms with Crippen LogP contribution in [0.5, 0.6) is 11.5 Å². The van der Waals surface area contributed by atoms with Gasteiger partial charge in [-0.3, -0.25) is 0 Å². The van der Waals surface area contributed by atoms with Crippen LogP contribution in [0.15, 0.2) is 170 Å². The highest BCUT2D eigenvalue weighted by Crippen LogP contribution is 2.50. The minimum Gasteiger partial charge on any atom is -0.456 e. The third kappa shape index (κ3) is 4.03. The Morgan fingerprint density at radius 2 is 1.06 bits per heavy atom. The second-order valence-electron chi connectivity index (χ2n) is 12.1. The predicted molar refractivity (Wildman–Crippen MR) is 198 cm³/mol. The van der Waals surface area contributed by atoms with Crippen LogP contribution in [0.2, 0.25) is 0 Å². The van der Waals surface area contributed by atoms with Crippen LogP contribution < -0.4 is 4.74 Å². The summed E-state index contributed by atoms with van der Waals surface area (Å²) in [4.78, 5) is 0. The number of hydrogen-bond acceptors (Lipinski definition) is 1. The lowest BCUT2D eigenvalue weighted by Gasteiger charge is -2.23. The molecule has 0 saturated carbocycles. The van der Waals surface area contributed by atoms with Crippen molar-refractivity contribution in [2.24, 2.45) is 0 Å². The van der Waals surface area contributed by atoms with Crippen LogP contribution in [-0.2, 0) is 0 Å². The summed E-state index contributed by atoms with van der Waals surface area (Å²) < 4.78 is 44.6. The average molecular weight is 601 g/mol. The van der Waals surface area contributed by atoms with Gasteiger partial charge in [0.1, 0.15) is 11.5 Å². The fourth-order valence-electron chi connectivity index (χ4n) is 7.33. The molecule has 0 aromatic heterocycles. The largest absolute Gasteiger partial charge is 0.456 e. The lowest BCUT2D eigenvalue weighted by molar-refractivity contribution is 0.487. The highest BCUT2D eigenvalue weighted by Gasteiger charge is 2.22. The van der Waals surface area contributed by atoms with E-state index >= 15 is 0 Å². The van der Waals surface area contributed by atoms with Gasteiger partial charge in [0.05, 0.1) is 5.48 Å². The van der Waals surface area contributed by atoms with Crippen molar-refractivity contribution in [2.75, 3.05) is 0 Å². The van der Waals surface area contributed by atoms with Crippen molar-refractivity contribution in [3.8, 4) is 56.0 Å². The Morgan fingerprint density at radius 1 is 0.362 bits per heavy atom. The summed E-state index contributed by atoms with van der Waals surface area (Å²) in [6.45, 7) is 0. The first-order valence-electron chi connectivity index (χ1n) is 17.9. The Balaban J connectivity index is 1.23. The van der Waals surface area contributed by atoms with Gasteiger partial charge in [0.2, 0.25) is 0 Å². The summed E-state index contributed by atoms with van der Waals surface area (Å²) in [5.41, 5.74) is 6.11. The molecule has 0 amide bonds. The fraction of sp³-hybridized carbons (Fsp3) is 0. The van der Waals surface area contributed by atoms with Crippen molar-refractivity contribution in [1.29, 1.82) is 0 Å². The van der Waals surface area contributed by atoms with Crippen molar-refractivity contribution < 1.29 is 10.2 Å². The number of benzene rings is 9. The van der Waals surface area contributed by atoms with Crippen LogP contribution in [0.1, 0.15) is 5.48 Å². The molecule has 0 radical (unpaired) electrons. The maximum Gasteiger partial charge on any atom is 0.135 e. The topological polar surface area (TPSA) is 9.23 Å². The van der Waals surface area contributed by atoms with Gasteiger partial charge in [-0.05, 0) is 101 Å². The summed E-state index contributed by atoms with van der Waals surface area (Å²) in [7, 11) is 0. The fourth-order valence-corrected chi connectivity index (χ4v) is 7.33. The van der Waals surface area contributed by atoms with E-state index in [-0.39, 0.29) is 29.7 Å². The smallest absolute Gasteiger partial charge is 0.135 e.